The fourth-order valence-corrected chi connectivity index (χ4v) is 3.81. The van der Waals surface area contributed by atoms with Crippen molar-refractivity contribution in [1.82, 2.24) is 14.9 Å². The number of nitrogens with two attached hydrogens (primary N) is 1. The number of anilines is 1. The average molecular weight is 450 g/mol. The quantitative estimate of drug-likeness (QED) is 0.561. The molecule has 4 N–H and O–H groups in total. The molecule has 2 saturated heterocycles. The molecule has 0 radical (unpaired) electrons. The lowest BCUT2D eigenvalue weighted by atomic mass is 9.88. The fraction of sp³-hybridized carbons (Fsp3) is 0.417. The number of carbonyl (C=O) groups is 2. The summed E-state index contributed by atoms with van der Waals surface area (Å²) in [5, 5.41) is 13.7. The lowest BCUT2D eigenvalue weighted by molar-refractivity contribution is -0.141. The van der Waals surface area contributed by atoms with Gasteiger partial charge in [-0.1, -0.05) is 30.9 Å². The van der Waals surface area contributed by atoms with Crippen molar-refractivity contribution in [1.29, 1.82) is 0 Å². The Labute approximate surface area is 192 Å². The number of ether oxygens (including phenoxy) is 1. The smallest absolute Gasteiger partial charge is 0.269 e. The number of hydrogen-bond donors (Lipinski definition) is 3. The monoisotopic (exact) mass is 449 g/mol. The van der Waals surface area contributed by atoms with E-state index in [-0.39, 0.29) is 23.4 Å². The Morgan fingerprint density at radius 2 is 2.18 bits per heavy atom. The van der Waals surface area contributed by atoms with Gasteiger partial charge in [0, 0.05) is 49.5 Å². The van der Waals surface area contributed by atoms with E-state index in [0.717, 1.165) is 0 Å². The van der Waals surface area contributed by atoms with Gasteiger partial charge in [0.1, 0.15) is 0 Å². The molecule has 1 atom stereocenters. The van der Waals surface area contributed by atoms with Gasteiger partial charge in [0.25, 0.3) is 11.8 Å². The van der Waals surface area contributed by atoms with E-state index in [1.807, 2.05) is 12.1 Å². The standard InChI is InChI=1S/C24H27N5O4/c1-23(14-33-15-23)13-27-18-12-26-21(28-19(18)20(25)30)17-7-3-5-16(11-17)6-4-8-24(32)9-10-29(2)22(24)31/h3,5,7,11-12,27,32H,8-10,13-15H2,1-2H3,(H2,25,30). The zero-order chi connectivity index (χ0) is 23.6. The molecule has 172 valence electrons. The van der Waals surface area contributed by atoms with Crippen LogP contribution in [0.1, 0.15) is 35.8 Å². The first-order valence-corrected chi connectivity index (χ1v) is 10.7. The van der Waals surface area contributed by atoms with E-state index < -0.39 is 11.5 Å². The number of aliphatic hydroxyl groups is 1. The highest BCUT2D eigenvalue weighted by atomic mass is 16.5. The molecule has 3 heterocycles. The summed E-state index contributed by atoms with van der Waals surface area (Å²) >= 11 is 0. The second-order valence-electron chi connectivity index (χ2n) is 9.04. The van der Waals surface area contributed by atoms with Crippen LogP contribution in [0.15, 0.2) is 30.5 Å². The minimum atomic E-state index is -1.43. The first-order chi connectivity index (χ1) is 15.7. The lowest BCUT2D eigenvalue weighted by Crippen LogP contribution is -2.45. The van der Waals surface area contributed by atoms with Crippen LogP contribution in [0.2, 0.25) is 0 Å². The number of rotatable bonds is 6. The SMILES string of the molecule is CN1CCC(O)(CC#Cc2cccc(-c3ncc(NCC4(C)COC4)c(C(N)=O)n3)c2)C1=O. The highest BCUT2D eigenvalue weighted by molar-refractivity contribution is 5.96. The Balaban J connectivity index is 1.51. The number of hydrogen-bond acceptors (Lipinski definition) is 7. The number of aromatic nitrogens is 2. The van der Waals surface area contributed by atoms with Gasteiger partial charge >= 0.3 is 0 Å². The maximum atomic E-state index is 12.1. The highest BCUT2D eigenvalue weighted by Gasteiger charge is 2.42. The van der Waals surface area contributed by atoms with Crippen LogP contribution in [0.25, 0.3) is 11.4 Å². The van der Waals surface area contributed by atoms with Crippen molar-refractivity contribution in [2.45, 2.75) is 25.4 Å². The molecule has 2 aliphatic rings. The van der Waals surface area contributed by atoms with Crippen molar-refractivity contribution >= 4 is 17.5 Å². The van der Waals surface area contributed by atoms with Crippen molar-refractivity contribution in [3.05, 3.63) is 41.7 Å². The van der Waals surface area contributed by atoms with Crippen molar-refractivity contribution in [3.8, 4) is 23.2 Å². The van der Waals surface area contributed by atoms with Gasteiger partial charge in [-0.05, 0) is 12.1 Å². The molecule has 2 fully saturated rings. The number of nitrogens with one attached hydrogen (secondary N) is 1. The molecule has 2 amide bonds. The van der Waals surface area contributed by atoms with Crippen molar-refractivity contribution in [3.63, 3.8) is 0 Å². The Kier molecular flexibility index (Phi) is 6.06. The third-order valence-electron chi connectivity index (χ3n) is 5.97. The molecule has 9 nitrogen and oxygen atoms in total. The minimum absolute atomic E-state index is 0.00621. The third kappa shape index (κ3) is 4.82. The molecule has 1 unspecified atom stereocenters. The molecule has 0 aliphatic carbocycles. The summed E-state index contributed by atoms with van der Waals surface area (Å²) in [4.78, 5) is 34.4. The Morgan fingerprint density at radius 3 is 2.82 bits per heavy atom. The largest absolute Gasteiger partial charge is 0.381 e. The van der Waals surface area contributed by atoms with Crippen molar-refractivity contribution < 1.29 is 19.4 Å². The summed E-state index contributed by atoms with van der Waals surface area (Å²) in [6.45, 7) is 4.53. The normalized spacial score (nSPS) is 21.2. The van der Waals surface area contributed by atoms with Crippen molar-refractivity contribution in [2.75, 3.05) is 38.7 Å². The van der Waals surface area contributed by atoms with Gasteiger partial charge < -0.3 is 25.8 Å². The van der Waals surface area contributed by atoms with Gasteiger partial charge in [0.2, 0.25) is 0 Å². The molecule has 9 heteroatoms. The van der Waals surface area contributed by atoms with E-state index in [1.165, 1.54) is 4.90 Å². The molecule has 0 spiro atoms. The number of amides is 2. The number of carbonyl (C=O) groups excluding carboxylic acids is 2. The Hall–Kier alpha value is -3.48. The van der Waals surface area contributed by atoms with E-state index in [0.29, 0.717) is 55.4 Å². The van der Waals surface area contributed by atoms with Crippen LogP contribution in [-0.2, 0) is 9.53 Å². The molecule has 4 rings (SSSR count). The molecule has 1 aromatic heterocycles. The summed E-state index contributed by atoms with van der Waals surface area (Å²) < 4.78 is 5.26. The van der Waals surface area contributed by atoms with E-state index >= 15 is 0 Å². The fourth-order valence-electron chi connectivity index (χ4n) is 3.81. The van der Waals surface area contributed by atoms with Gasteiger partial charge in [-0.25, -0.2) is 9.97 Å². The van der Waals surface area contributed by atoms with Crippen LogP contribution in [-0.4, -0.2) is 70.7 Å². The second-order valence-corrected chi connectivity index (χ2v) is 9.04. The van der Waals surface area contributed by atoms with E-state index in [4.69, 9.17) is 10.5 Å². The van der Waals surface area contributed by atoms with E-state index in [2.05, 4.69) is 34.0 Å². The Bertz CT molecular complexity index is 1150. The first kappa shape index (κ1) is 22.7. The van der Waals surface area contributed by atoms with Gasteiger partial charge in [-0.2, -0.15) is 0 Å². The van der Waals surface area contributed by atoms with Crippen LogP contribution in [0.4, 0.5) is 5.69 Å². The lowest BCUT2D eigenvalue weighted by Gasteiger charge is -2.38. The van der Waals surface area contributed by atoms with E-state index in [9.17, 15) is 14.7 Å². The highest BCUT2D eigenvalue weighted by Crippen LogP contribution is 2.28. The number of likely N-dealkylation sites (N-methyl/N-ethyl adjacent to an activating group) is 1. The van der Waals surface area contributed by atoms with Crippen LogP contribution < -0.4 is 11.1 Å². The van der Waals surface area contributed by atoms with Gasteiger partial charge in [0.15, 0.2) is 17.1 Å². The summed E-state index contributed by atoms with van der Waals surface area (Å²) in [7, 11) is 1.67. The minimum Gasteiger partial charge on any atom is -0.381 e. The number of likely N-dealkylation sites (tertiary alicyclic amines) is 1. The summed E-state index contributed by atoms with van der Waals surface area (Å²) in [6, 6.07) is 7.22. The van der Waals surface area contributed by atoms with Crippen molar-refractivity contribution in [2.24, 2.45) is 11.1 Å². The number of primary amides is 1. The van der Waals surface area contributed by atoms with Crippen LogP contribution in [0, 0.1) is 17.3 Å². The molecular weight excluding hydrogens is 422 g/mol. The van der Waals surface area contributed by atoms with E-state index in [1.54, 1.807) is 25.4 Å². The van der Waals surface area contributed by atoms with Crippen LogP contribution in [0.5, 0.6) is 0 Å². The molecule has 2 aromatic rings. The molecular formula is C24H27N5O4. The van der Waals surface area contributed by atoms with Gasteiger partial charge in [-0.15, -0.1) is 0 Å². The van der Waals surface area contributed by atoms with Crippen LogP contribution in [0.3, 0.4) is 0 Å². The average Bonchev–Trinajstić information content (AvgIpc) is 3.04. The maximum absolute atomic E-state index is 12.1. The Morgan fingerprint density at radius 1 is 1.39 bits per heavy atom. The molecule has 0 bridgehead atoms. The predicted molar refractivity (Wildman–Crippen MR) is 122 cm³/mol. The summed E-state index contributed by atoms with van der Waals surface area (Å²) in [5.41, 5.74) is 6.10. The zero-order valence-electron chi connectivity index (χ0n) is 18.7. The molecule has 1 aromatic carbocycles. The number of nitrogens with zero attached hydrogens (tertiary/aromatic N) is 3. The number of benzene rings is 1. The molecule has 2 aliphatic heterocycles. The third-order valence-corrected chi connectivity index (χ3v) is 5.97. The zero-order valence-corrected chi connectivity index (χ0v) is 18.7. The molecule has 0 saturated carbocycles. The topological polar surface area (TPSA) is 131 Å². The molecule has 33 heavy (non-hydrogen) atoms. The van der Waals surface area contributed by atoms with Crippen LogP contribution >= 0.6 is 0 Å². The summed E-state index contributed by atoms with van der Waals surface area (Å²) in [6.07, 6.45) is 1.99. The predicted octanol–water partition coefficient (Wildman–Crippen LogP) is 1.03. The van der Waals surface area contributed by atoms with Gasteiger partial charge in [0.05, 0.1) is 25.1 Å². The van der Waals surface area contributed by atoms with Gasteiger partial charge in [-0.3, -0.25) is 9.59 Å². The first-order valence-electron chi connectivity index (χ1n) is 10.7. The summed E-state index contributed by atoms with van der Waals surface area (Å²) in [5.74, 6) is 5.30. The maximum Gasteiger partial charge on any atom is 0.269 e. The second kappa shape index (κ2) is 8.81.